The highest BCUT2D eigenvalue weighted by Gasteiger charge is 2.33. The number of carbonyl (C=O) groups is 1. The first-order chi connectivity index (χ1) is 8.72. The van der Waals surface area contributed by atoms with E-state index in [0.29, 0.717) is 17.1 Å². The summed E-state index contributed by atoms with van der Waals surface area (Å²) in [4.78, 5) is 18.7. The van der Waals surface area contributed by atoms with E-state index in [4.69, 9.17) is 0 Å². The number of ketones is 1. The van der Waals surface area contributed by atoms with Crippen LogP contribution in [0, 0.1) is 17.2 Å². The first-order valence-corrected chi connectivity index (χ1v) is 6.09. The fraction of sp³-hybridized carbons (Fsp3) is 0.357. The molecule has 0 N–H and O–H groups in total. The fourth-order valence-corrected chi connectivity index (χ4v) is 2.16. The number of benzene rings is 1. The van der Waals surface area contributed by atoms with Crippen LogP contribution in [0.2, 0.25) is 0 Å². The lowest BCUT2D eigenvalue weighted by molar-refractivity contribution is 0.0968. The van der Waals surface area contributed by atoms with Crippen LogP contribution in [0.25, 0.3) is 0 Å². The van der Waals surface area contributed by atoms with Crippen LogP contribution in [-0.4, -0.2) is 29.6 Å². The SMILES string of the molecule is CCN(CC)C1=Nc2ccccc2C(=O)C1C#N. The normalized spacial score (nSPS) is 17.7. The smallest absolute Gasteiger partial charge is 0.189 e. The van der Waals surface area contributed by atoms with Crippen LogP contribution < -0.4 is 0 Å². The number of amidine groups is 1. The third kappa shape index (κ3) is 1.88. The van der Waals surface area contributed by atoms with Gasteiger partial charge >= 0.3 is 0 Å². The molecule has 1 heterocycles. The number of hydrogen-bond donors (Lipinski definition) is 0. The molecule has 0 saturated carbocycles. The third-order valence-corrected chi connectivity index (χ3v) is 3.14. The van der Waals surface area contributed by atoms with Gasteiger partial charge in [-0.1, -0.05) is 12.1 Å². The van der Waals surface area contributed by atoms with E-state index in [-0.39, 0.29) is 5.78 Å². The number of aliphatic imine (C=N–C) groups is 1. The zero-order chi connectivity index (χ0) is 13.1. The second kappa shape index (κ2) is 5.01. The lowest BCUT2D eigenvalue weighted by atomic mass is 9.93. The molecule has 1 aliphatic rings. The third-order valence-electron chi connectivity index (χ3n) is 3.14. The molecule has 0 saturated heterocycles. The van der Waals surface area contributed by atoms with Gasteiger partial charge in [0.15, 0.2) is 11.7 Å². The molecule has 0 fully saturated rings. The number of nitriles is 1. The minimum atomic E-state index is -0.778. The average molecular weight is 241 g/mol. The van der Waals surface area contributed by atoms with Crippen molar-refractivity contribution in [2.24, 2.45) is 10.9 Å². The van der Waals surface area contributed by atoms with E-state index in [0.717, 1.165) is 13.1 Å². The number of rotatable bonds is 2. The second-order valence-electron chi connectivity index (χ2n) is 4.09. The molecule has 0 amide bonds. The van der Waals surface area contributed by atoms with Crippen molar-refractivity contribution in [2.75, 3.05) is 13.1 Å². The minimum absolute atomic E-state index is 0.148. The van der Waals surface area contributed by atoms with Crippen LogP contribution >= 0.6 is 0 Å². The topological polar surface area (TPSA) is 56.5 Å². The van der Waals surface area contributed by atoms with Crippen molar-refractivity contribution < 1.29 is 4.79 Å². The standard InChI is InChI=1S/C14H15N3O/c1-3-17(4-2)14-11(9-15)13(18)10-7-5-6-8-12(10)16-14/h5-8,11H,3-4H2,1-2H3. The van der Waals surface area contributed by atoms with E-state index in [1.54, 1.807) is 12.1 Å². The summed E-state index contributed by atoms with van der Waals surface area (Å²) in [5, 5.41) is 9.22. The molecule has 0 aliphatic carbocycles. The van der Waals surface area contributed by atoms with E-state index in [1.807, 2.05) is 30.9 Å². The minimum Gasteiger partial charge on any atom is -0.359 e. The Bertz CT molecular complexity index is 538. The second-order valence-corrected chi connectivity index (χ2v) is 4.09. The maximum absolute atomic E-state index is 12.3. The number of Topliss-reactive ketones (excluding diaryl/α,β-unsaturated/α-hetero) is 1. The number of fused-ring (bicyclic) bond motifs is 1. The van der Waals surface area contributed by atoms with Crippen molar-refractivity contribution in [3.05, 3.63) is 29.8 Å². The zero-order valence-electron chi connectivity index (χ0n) is 10.6. The van der Waals surface area contributed by atoms with Gasteiger partial charge in [-0.25, -0.2) is 4.99 Å². The van der Waals surface area contributed by atoms with Crippen LogP contribution in [0.1, 0.15) is 24.2 Å². The lowest BCUT2D eigenvalue weighted by Gasteiger charge is -2.28. The number of para-hydroxylation sites is 1. The Morgan fingerprint density at radius 1 is 1.33 bits per heavy atom. The average Bonchev–Trinajstić information content (AvgIpc) is 2.41. The molecule has 1 atom stereocenters. The largest absolute Gasteiger partial charge is 0.359 e. The van der Waals surface area contributed by atoms with E-state index >= 15 is 0 Å². The van der Waals surface area contributed by atoms with E-state index in [2.05, 4.69) is 11.1 Å². The Morgan fingerprint density at radius 2 is 2.00 bits per heavy atom. The summed E-state index contributed by atoms with van der Waals surface area (Å²) in [6.07, 6.45) is 0. The highest BCUT2D eigenvalue weighted by Crippen LogP contribution is 2.29. The van der Waals surface area contributed by atoms with Gasteiger partial charge in [-0.3, -0.25) is 4.79 Å². The predicted octanol–water partition coefficient (Wildman–Crippen LogP) is 2.39. The van der Waals surface area contributed by atoms with E-state index in [9.17, 15) is 10.1 Å². The Morgan fingerprint density at radius 3 is 2.61 bits per heavy atom. The Labute approximate surface area is 107 Å². The van der Waals surface area contributed by atoms with Crippen molar-refractivity contribution in [2.45, 2.75) is 13.8 Å². The Hall–Kier alpha value is -2.15. The Balaban J connectivity index is 2.55. The fourth-order valence-electron chi connectivity index (χ4n) is 2.16. The first kappa shape index (κ1) is 12.3. The molecule has 1 unspecified atom stereocenters. The summed E-state index contributed by atoms with van der Waals surface area (Å²) in [5.74, 6) is -0.351. The molecule has 1 aromatic carbocycles. The molecule has 1 aliphatic heterocycles. The van der Waals surface area contributed by atoms with Gasteiger partial charge in [-0.15, -0.1) is 0 Å². The number of hydrogen-bond acceptors (Lipinski definition) is 4. The zero-order valence-corrected chi connectivity index (χ0v) is 10.6. The summed E-state index contributed by atoms with van der Waals surface area (Å²) in [6, 6.07) is 9.25. The van der Waals surface area contributed by atoms with E-state index < -0.39 is 5.92 Å². The van der Waals surface area contributed by atoms with Crippen LogP contribution in [0.15, 0.2) is 29.3 Å². The molecule has 4 heteroatoms. The maximum Gasteiger partial charge on any atom is 0.189 e. The molecular formula is C14H15N3O. The van der Waals surface area contributed by atoms with Gasteiger partial charge in [-0.05, 0) is 26.0 Å². The molecular weight excluding hydrogens is 226 g/mol. The van der Waals surface area contributed by atoms with Gasteiger partial charge in [0.2, 0.25) is 0 Å². The molecule has 0 spiro atoms. The first-order valence-electron chi connectivity index (χ1n) is 6.09. The molecule has 0 radical (unpaired) electrons. The van der Waals surface area contributed by atoms with Gasteiger partial charge in [0.05, 0.1) is 11.8 Å². The van der Waals surface area contributed by atoms with E-state index in [1.165, 1.54) is 0 Å². The number of nitrogens with zero attached hydrogens (tertiary/aromatic N) is 3. The monoisotopic (exact) mass is 241 g/mol. The summed E-state index contributed by atoms with van der Waals surface area (Å²) < 4.78 is 0. The molecule has 4 nitrogen and oxygen atoms in total. The Kier molecular flexibility index (Phi) is 3.42. The quantitative estimate of drug-likeness (QED) is 0.798. The van der Waals surface area contributed by atoms with Crippen LogP contribution in [-0.2, 0) is 0 Å². The summed E-state index contributed by atoms with van der Waals surface area (Å²) in [7, 11) is 0. The summed E-state index contributed by atoms with van der Waals surface area (Å²) >= 11 is 0. The molecule has 92 valence electrons. The molecule has 0 aromatic heterocycles. The maximum atomic E-state index is 12.3. The van der Waals surface area contributed by atoms with Crippen molar-refractivity contribution in [1.29, 1.82) is 5.26 Å². The molecule has 0 bridgehead atoms. The van der Waals surface area contributed by atoms with Gasteiger partial charge in [0.1, 0.15) is 5.84 Å². The van der Waals surface area contributed by atoms with Crippen LogP contribution in [0.5, 0.6) is 0 Å². The van der Waals surface area contributed by atoms with Gasteiger partial charge in [-0.2, -0.15) is 5.26 Å². The van der Waals surface area contributed by atoms with Crippen molar-refractivity contribution >= 4 is 17.3 Å². The van der Waals surface area contributed by atoms with Gasteiger partial charge in [0.25, 0.3) is 0 Å². The molecule has 18 heavy (non-hydrogen) atoms. The van der Waals surface area contributed by atoms with Crippen molar-refractivity contribution in [1.82, 2.24) is 4.90 Å². The van der Waals surface area contributed by atoms with Crippen LogP contribution in [0.4, 0.5) is 5.69 Å². The summed E-state index contributed by atoms with van der Waals surface area (Å²) in [6.45, 7) is 5.46. The van der Waals surface area contributed by atoms with Crippen molar-refractivity contribution in [3.63, 3.8) is 0 Å². The molecule has 1 aromatic rings. The highest BCUT2D eigenvalue weighted by molar-refractivity contribution is 6.19. The predicted molar refractivity (Wildman–Crippen MR) is 69.9 cm³/mol. The summed E-state index contributed by atoms with van der Waals surface area (Å²) in [5.41, 5.74) is 1.20. The van der Waals surface area contributed by atoms with Gasteiger partial charge in [0, 0.05) is 18.7 Å². The molecule has 2 rings (SSSR count). The van der Waals surface area contributed by atoms with Crippen molar-refractivity contribution in [3.8, 4) is 6.07 Å². The highest BCUT2D eigenvalue weighted by atomic mass is 16.1. The van der Waals surface area contributed by atoms with Gasteiger partial charge < -0.3 is 4.90 Å². The van der Waals surface area contributed by atoms with Crippen LogP contribution in [0.3, 0.4) is 0 Å². The number of carbonyl (C=O) groups excluding carboxylic acids is 1. The lowest BCUT2D eigenvalue weighted by Crippen LogP contribution is -2.40.